The monoisotopic (exact) mass is 156 g/mol. The van der Waals surface area contributed by atoms with Crippen LogP contribution in [0.25, 0.3) is 0 Å². The lowest BCUT2D eigenvalue weighted by molar-refractivity contribution is 0.0374. The van der Waals surface area contributed by atoms with Crippen LogP contribution in [0.5, 0.6) is 0 Å². The highest BCUT2D eigenvalue weighted by atomic mass is 16.3. The number of aliphatic hydroxyl groups is 1. The molecule has 0 heterocycles. The highest BCUT2D eigenvalue weighted by Crippen LogP contribution is 2.04. The molecule has 3 N–H and O–H groups in total. The molecule has 0 aliphatic heterocycles. The van der Waals surface area contributed by atoms with Crippen molar-refractivity contribution in [1.29, 1.82) is 0 Å². The second kappa shape index (κ2) is 4.93. The number of hydrogen-bond donors (Lipinski definition) is 2. The van der Waals surface area contributed by atoms with Gasteiger partial charge < -0.3 is 10.0 Å². The molecule has 0 rings (SSSR count). The molecular weight excluding hydrogens is 140 g/mol. The molecule has 11 heavy (non-hydrogen) atoms. The van der Waals surface area contributed by atoms with E-state index in [1.807, 2.05) is 6.92 Å². The van der Waals surface area contributed by atoms with Gasteiger partial charge in [0.25, 0.3) is 0 Å². The van der Waals surface area contributed by atoms with Crippen LogP contribution in [-0.2, 0) is 0 Å². The van der Waals surface area contributed by atoms with Crippen LogP contribution in [0.15, 0.2) is 24.9 Å². The fourth-order valence-electron chi connectivity index (χ4n) is 0.804. The summed E-state index contributed by atoms with van der Waals surface area (Å²) in [4.78, 5) is 1.59. The highest BCUT2D eigenvalue weighted by molar-refractivity contribution is 5.09. The molecule has 0 saturated heterocycles. The number of allylic oxidation sites excluding steroid dienone is 1. The molecular formula is C8H16N2O. The molecule has 3 nitrogen and oxygen atoms in total. The van der Waals surface area contributed by atoms with Gasteiger partial charge in [-0.2, -0.15) is 0 Å². The quantitative estimate of drug-likeness (QED) is 0.453. The Hall–Kier alpha value is -0.800. The van der Waals surface area contributed by atoms with Gasteiger partial charge in [-0.15, -0.1) is 0 Å². The Bertz CT molecular complexity index is 143. The molecule has 1 atom stereocenters. The van der Waals surface area contributed by atoms with E-state index in [9.17, 15) is 0 Å². The minimum Gasteiger partial charge on any atom is -0.361 e. The molecule has 0 aromatic carbocycles. The van der Waals surface area contributed by atoms with Crippen LogP contribution in [0.2, 0.25) is 0 Å². The van der Waals surface area contributed by atoms with Crippen LogP contribution in [0.4, 0.5) is 0 Å². The minimum atomic E-state index is -0.972. The van der Waals surface area contributed by atoms with Crippen molar-refractivity contribution in [2.45, 2.75) is 19.7 Å². The first kappa shape index (κ1) is 10.2. The first-order valence-electron chi connectivity index (χ1n) is 3.65. The van der Waals surface area contributed by atoms with Crippen molar-refractivity contribution in [2.75, 3.05) is 6.54 Å². The Morgan fingerprint density at radius 1 is 1.82 bits per heavy atom. The second-order valence-electron chi connectivity index (χ2n) is 2.30. The van der Waals surface area contributed by atoms with Gasteiger partial charge in [-0.25, -0.2) is 0 Å². The zero-order valence-corrected chi connectivity index (χ0v) is 6.95. The van der Waals surface area contributed by atoms with E-state index in [4.69, 9.17) is 10.8 Å². The molecule has 0 aromatic heterocycles. The van der Waals surface area contributed by atoms with Gasteiger partial charge in [0.05, 0.1) is 0 Å². The van der Waals surface area contributed by atoms with Crippen molar-refractivity contribution in [1.82, 2.24) is 4.90 Å². The van der Waals surface area contributed by atoms with E-state index < -0.39 is 6.35 Å². The first-order valence-corrected chi connectivity index (χ1v) is 3.65. The summed E-state index contributed by atoms with van der Waals surface area (Å²) < 4.78 is 0. The zero-order valence-electron chi connectivity index (χ0n) is 6.95. The SMILES string of the molecule is C=CC(=C)N(CCC)[C@H](N)O. The van der Waals surface area contributed by atoms with Gasteiger partial charge in [0.1, 0.15) is 0 Å². The normalized spacial score (nSPS) is 12.3. The van der Waals surface area contributed by atoms with Crippen molar-refractivity contribution in [3.8, 4) is 0 Å². The standard InChI is InChI=1S/C8H16N2O/c1-4-6-10(8(9)11)7(3)5-2/h5,8,11H,2-4,6,9H2,1H3/t8-/m0/s1. The maximum absolute atomic E-state index is 9.04. The largest absolute Gasteiger partial charge is 0.361 e. The number of nitrogens with two attached hydrogens (primary N) is 1. The lowest BCUT2D eigenvalue weighted by atomic mass is 10.3. The van der Waals surface area contributed by atoms with E-state index in [2.05, 4.69) is 13.2 Å². The zero-order chi connectivity index (χ0) is 8.85. The molecule has 0 aromatic rings. The second-order valence-corrected chi connectivity index (χ2v) is 2.30. The van der Waals surface area contributed by atoms with Gasteiger partial charge in [-0.3, -0.25) is 5.73 Å². The first-order chi connectivity index (χ1) is 5.13. The Morgan fingerprint density at radius 3 is 2.64 bits per heavy atom. The molecule has 0 unspecified atom stereocenters. The van der Waals surface area contributed by atoms with Crippen molar-refractivity contribution < 1.29 is 5.11 Å². The van der Waals surface area contributed by atoms with E-state index in [-0.39, 0.29) is 0 Å². The number of aliphatic hydroxyl groups excluding tert-OH is 1. The Morgan fingerprint density at radius 2 is 2.36 bits per heavy atom. The third-order valence-electron chi connectivity index (χ3n) is 1.39. The molecule has 64 valence electrons. The van der Waals surface area contributed by atoms with Crippen molar-refractivity contribution >= 4 is 0 Å². The summed E-state index contributed by atoms with van der Waals surface area (Å²) in [5.74, 6) is 0. The molecule has 0 spiro atoms. The lowest BCUT2D eigenvalue weighted by Crippen LogP contribution is -2.40. The summed E-state index contributed by atoms with van der Waals surface area (Å²) in [6, 6.07) is 0. The Kier molecular flexibility index (Phi) is 4.57. The molecule has 0 bridgehead atoms. The summed E-state index contributed by atoms with van der Waals surface area (Å²) in [7, 11) is 0. The average molecular weight is 156 g/mol. The molecule has 0 aliphatic carbocycles. The topological polar surface area (TPSA) is 49.5 Å². The molecule has 0 aliphatic rings. The molecule has 0 fully saturated rings. The summed E-state index contributed by atoms with van der Waals surface area (Å²) in [5, 5.41) is 9.04. The van der Waals surface area contributed by atoms with Crippen LogP contribution in [0.3, 0.4) is 0 Å². The van der Waals surface area contributed by atoms with Gasteiger partial charge in [0.2, 0.25) is 0 Å². The van der Waals surface area contributed by atoms with Gasteiger partial charge in [-0.1, -0.05) is 20.1 Å². The molecule has 0 amide bonds. The van der Waals surface area contributed by atoms with Crippen molar-refractivity contribution in [3.63, 3.8) is 0 Å². The third kappa shape index (κ3) is 3.20. The van der Waals surface area contributed by atoms with Crippen LogP contribution < -0.4 is 5.73 Å². The summed E-state index contributed by atoms with van der Waals surface area (Å²) in [5.41, 5.74) is 5.93. The molecule has 3 heteroatoms. The molecule has 0 radical (unpaired) electrons. The summed E-state index contributed by atoms with van der Waals surface area (Å²) in [6.45, 7) is 9.92. The smallest absolute Gasteiger partial charge is 0.181 e. The van der Waals surface area contributed by atoms with Gasteiger partial charge in [0, 0.05) is 12.2 Å². The summed E-state index contributed by atoms with van der Waals surface area (Å²) >= 11 is 0. The predicted octanol–water partition coefficient (Wildman–Crippen LogP) is 0.633. The van der Waals surface area contributed by atoms with Crippen LogP contribution >= 0.6 is 0 Å². The third-order valence-corrected chi connectivity index (χ3v) is 1.39. The van der Waals surface area contributed by atoms with Gasteiger partial charge in [0.15, 0.2) is 6.35 Å². The van der Waals surface area contributed by atoms with E-state index in [0.29, 0.717) is 12.2 Å². The number of hydrogen-bond acceptors (Lipinski definition) is 3. The Labute approximate surface area is 67.8 Å². The average Bonchev–Trinajstić information content (AvgIpc) is 1.98. The van der Waals surface area contributed by atoms with E-state index in [0.717, 1.165) is 6.42 Å². The highest BCUT2D eigenvalue weighted by Gasteiger charge is 2.08. The maximum Gasteiger partial charge on any atom is 0.181 e. The number of nitrogens with zero attached hydrogens (tertiary/aromatic N) is 1. The van der Waals surface area contributed by atoms with Crippen molar-refractivity contribution in [3.05, 3.63) is 24.9 Å². The number of rotatable bonds is 5. The van der Waals surface area contributed by atoms with Gasteiger partial charge in [-0.05, 0) is 12.5 Å². The Balaban J connectivity index is 4.08. The predicted molar refractivity (Wildman–Crippen MR) is 46.5 cm³/mol. The van der Waals surface area contributed by atoms with Crippen LogP contribution in [0, 0.1) is 0 Å². The summed E-state index contributed by atoms with van der Waals surface area (Å²) in [6.07, 6.45) is 1.52. The van der Waals surface area contributed by atoms with E-state index >= 15 is 0 Å². The van der Waals surface area contributed by atoms with E-state index in [1.165, 1.54) is 0 Å². The fraction of sp³-hybridized carbons (Fsp3) is 0.500. The molecule has 0 saturated carbocycles. The minimum absolute atomic E-state index is 0.654. The van der Waals surface area contributed by atoms with Crippen LogP contribution in [-0.4, -0.2) is 22.9 Å². The van der Waals surface area contributed by atoms with Crippen molar-refractivity contribution in [2.24, 2.45) is 5.73 Å². The van der Waals surface area contributed by atoms with Gasteiger partial charge >= 0.3 is 0 Å². The fourth-order valence-corrected chi connectivity index (χ4v) is 0.804. The van der Waals surface area contributed by atoms with E-state index in [1.54, 1.807) is 11.0 Å². The lowest BCUT2D eigenvalue weighted by Gasteiger charge is -2.26. The van der Waals surface area contributed by atoms with Crippen LogP contribution in [0.1, 0.15) is 13.3 Å². The maximum atomic E-state index is 9.04.